The van der Waals surface area contributed by atoms with E-state index in [-0.39, 0.29) is 4.90 Å². The molecular formula is C13H12N4O2S3. The predicted octanol–water partition coefficient (Wildman–Crippen LogP) is 3.45. The fourth-order valence-electron chi connectivity index (χ4n) is 1.70. The van der Waals surface area contributed by atoms with Gasteiger partial charge in [-0.25, -0.2) is 18.4 Å². The summed E-state index contributed by atoms with van der Waals surface area (Å²) in [5.74, 6) is 0. The molecule has 0 fully saturated rings. The van der Waals surface area contributed by atoms with Gasteiger partial charge in [0.15, 0.2) is 10.3 Å². The van der Waals surface area contributed by atoms with Gasteiger partial charge in [-0.3, -0.25) is 4.72 Å². The highest BCUT2D eigenvalue weighted by molar-refractivity contribution is 7.93. The predicted molar refractivity (Wildman–Crippen MR) is 89.5 cm³/mol. The summed E-state index contributed by atoms with van der Waals surface area (Å²) in [5.41, 5.74) is 1.72. The Bertz CT molecular complexity index is 855. The first-order chi connectivity index (χ1) is 10.5. The van der Waals surface area contributed by atoms with Gasteiger partial charge in [-0.05, 0) is 31.2 Å². The third-order valence-corrected chi connectivity index (χ3v) is 5.74. The van der Waals surface area contributed by atoms with Crippen molar-refractivity contribution in [1.29, 1.82) is 0 Å². The smallest absolute Gasteiger partial charge is 0.263 e. The minimum atomic E-state index is -3.61. The van der Waals surface area contributed by atoms with Gasteiger partial charge in [0.25, 0.3) is 10.0 Å². The van der Waals surface area contributed by atoms with Crippen LogP contribution >= 0.6 is 22.7 Å². The van der Waals surface area contributed by atoms with Crippen molar-refractivity contribution in [2.24, 2.45) is 0 Å². The van der Waals surface area contributed by atoms with E-state index in [0.717, 1.165) is 16.5 Å². The first-order valence-electron chi connectivity index (χ1n) is 6.24. The SMILES string of the molecule is Cc1csc(Nc2ccc(S(=O)(=O)Nc3nccs3)cc2)n1. The fourth-order valence-corrected chi connectivity index (χ4v) is 4.20. The molecule has 0 bridgehead atoms. The van der Waals surface area contributed by atoms with Crippen molar-refractivity contribution in [1.82, 2.24) is 9.97 Å². The van der Waals surface area contributed by atoms with E-state index in [0.29, 0.717) is 5.13 Å². The zero-order valence-corrected chi connectivity index (χ0v) is 13.9. The number of benzene rings is 1. The molecule has 0 saturated heterocycles. The third kappa shape index (κ3) is 3.43. The summed E-state index contributed by atoms with van der Waals surface area (Å²) in [5, 5.41) is 7.90. The van der Waals surface area contributed by atoms with E-state index in [1.54, 1.807) is 35.8 Å². The molecule has 0 amide bonds. The highest BCUT2D eigenvalue weighted by Gasteiger charge is 2.15. The van der Waals surface area contributed by atoms with E-state index in [1.807, 2.05) is 12.3 Å². The Kier molecular flexibility index (Phi) is 4.10. The van der Waals surface area contributed by atoms with Gasteiger partial charge >= 0.3 is 0 Å². The minimum Gasteiger partial charge on any atom is -0.332 e. The topological polar surface area (TPSA) is 84.0 Å². The molecule has 1 aromatic carbocycles. The first-order valence-corrected chi connectivity index (χ1v) is 9.49. The van der Waals surface area contributed by atoms with E-state index in [4.69, 9.17) is 0 Å². The maximum absolute atomic E-state index is 12.2. The number of thiazole rings is 2. The molecule has 6 nitrogen and oxygen atoms in total. The van der Waals surface area contributed by atoms with E-state index < -0.39 is 10.0 Å². The van der Waals surface area contributed by atoms with Crippen molar-refractivity contribution in [3.63, 3.8) is 0 Å². The van der Waals surface area contributed by atoms with Crippen LogP contribution in [0.1, 0.15) is 5.69 Å². The minimum absolute atomic E-state index is 0.184. The van der Waals surface area contributed by atoms with Crippen LogP contribution in [0.5, 0.6) is 0 Å². The maximum atomic E-state index is 12.2. The number of hydrogen-bond donors (Lipinski definition) is 2. The van der Waals surface area contributed by atoms with Crippen LogP contribution in [0.25, 0.3) is 0 Å². The summed E-state index contributed by atoms with van der Waals surface area (Å²) in [7, 11) is -3.61. The lowest BCUT2D eigenvalue weighted by Gasteiger charge is -2.07. The number of aromatic nitrogens is 2. The van der Waals surface area contributed by atoms with Crippen LogP contribution in [0.4, 0.5) is 16.0 Å². The second-order valence-corrected chi connectivity index (χ2v) is 7.82. The van der Waals surface area contributed by atoms with Crippen molar-refractivity contribution in [2.75, 3.05) is 10.0 Å². The average molecular weight is 352 g/mol. The molecule has 0 aliphatic heterocycles. The molecule has 0 saturated carbocycles. The summed E-state index contributed by atoms with van der Waals surface area (Å²) in [6, 6.07) is 6.48. The molecule has 0 spiro atoms. The summed E-state index contributed by atoms with van der Waals surface area (Å²) in [6.07, 6.45) is 1.55. The highest BCUT2D eigenvalue weighted by Crippen LogP contribution is 2.23. The second-order valence-electron chi connectivity index (χ2n) is 4.39. The molecule has 3 rings (SSSR count). The van der Waals surface area contributed by atoms with Crippen molar-refractivity contribution in [2.45, 2.75) is 11.8 Å². The Balaban J connectivity index is 1.76. The summed E-state index contributed by atoms with van der Waals surface area (Å²) in [4.78, 5) is 8.39. The Morgan fingerprint density at radius 2 is 1.86 bits per heavy atom. The number of rotatable bonds is 5. The van der Waals surface area contributed by atoms with Crippen molar-refractivity contribution < 1.29 is 8.42 Å². The van der Waals surface area contributed by atoms with Crippen molar-refractivity contribution in [3.8, 4) is 0 Å². The molecule has 0 unspecified atom stereocenters. The van der Waals surface area contributed by atoms with Crippen LogP contribution in [-0.2, 0) is 10.0 Å². The molecule has 3 aromatic rings. The number of hydrogen-bond acceptors (Lipinski definition) is 7. The van der Waals surface area contributed by atoms with Crippen LogP contribution < -0.4 is 10.0 Å². The van der Waals surface area contributed by atoms with Gasteiger partial charge < -0.3 is 5.32 Å². The number of nitrogens with one attached hydrogen (secondary N) is 2. The number of anilines is 3. The largest absolute Gasteiger partial charge is 0.332 e. The third-order valence-electron chi connectivity index (χ3n) is 2.69. The summed E-state index contributed by atoms with van der Waals surface area (Å²) in [6.45, 7) is 1.92. The average Bonchev–Trinajstić information content (AvgIpc) is 3.11. The van der Waals surface area contributed by atoms with Crippen LogP contribution in [0.15, 0.2) is 46.1 Å². The Labute approximate surface area is 135 Å². The lowest BCUT2D eigenvalue weighted by Crippen LogP contribution is -2.12. The quantitative estimate of drug-likeness (QED) is 0.735. The summed E-state index contributed by atoms with van der Waals surface area (Å²) < 4.78 is 26.8. The Morgan fingerprint density at radius 1 is 1.09 bits per heavy atom. The highest BCUT2D eigenvalue weighted by atomic mass is 32.2. The van der Waals surface area contributed by atoms with Crippen LogP contribution in [-0.4, -0.2) is 18.4 Å². The van der Waals surface area contributed by atoms with Crippen molar-refractivity contribution in [3.05, 3.63) is 46.9 Å². The zero-order chi connectivity index (χ0) is 15.6. The second kappa shape index (κ2) is 6.03. The Hall–Kier alpha value is -1.97. The summed E-state index contributed by atoms with van der Waals surface area (Å²) >= 11 is 2.73. The zero-order valence-electron chi connectivity index (χ0n) is 11.5. The molecule has 2 heterocycles. The first kappa shape index (κ1) is 14.9. The maximum Gasteiger partial charge on any atom is 0.263 e. The van der Waals surface area contributed by atoms with E-state index in [1.165, 1.54) is 22.7 Å². The molecule has 0 aliphatic rings. The van der Waals surface area contributed by atoms with Gasteiger partial charge in [0, 0.05) is 22.6 Å². The van der Waals surface area contributed by atoms with Gasteiger partial charge in [-0.2, -0.15) is 0 Å². The monoisotopic (exact) mass is 352 g/mol. The lowest BCUT2D eigenvalue weighted by molar-refractivity contribution is 0.601. The van der Waals surface area contributed by atoms with Gasteiger partial charge in [0.1, 0.15) is 0 Å². The molecule has 0 atom stereocenters. The van der Waals surface area contributed by atoms with Crippen LogP contribution in [0.2, 0.25) is 0 Å². The van der Waals surface area contributed by atoms with Crippen LogP contribution in [0, 0.1) is 6.92 Å². The molecule has 2 aromatic heterocycles. The standard InChI is InChI=1S/C13H12N4O2S3/c1-9-8-21-13(15-9)16-10-2-4-11(5-3-10)22(18,19)17-12-14-6-7-20-12/h2-8H,1H3,(H,14,17)(H,15,16). The molecule has 0 aliphatic carbocycles. The van der Waals surface area contributed by atoms with E-state index in [9.17, 15) is 8.42 Å². The Morgan fingerprint density at radius 3 is 2.45 bits per heavy atom. The van der Waals surface area contributed by atoms with Gasteiger partial charge in [-0.1, -0.05) is 0 Å². The van der Waals surface area contributed by atoms with Crippen LogP contribution in [0.3, 0.4) is 0 Å². The molecule has 0 radical (unpaired) electrons. The van der Waals surface area contributed by atoms with E-state index >= 15 is 0 Å². The number of aryl methyl sites for hydroxylation is 1. The fraction of sp³-hybridized carbons (Fsp3) is 0.0769. The number of sulfonamides is 1. The number of nitrogens with zero attached hydrogens (tertiary/aromatic N) is 2. The van der Waals surface area contributed by atoms with E-state index in [2.05, 4.69) is 20.0 Å². The van der Waals surface area contributed by atoms with Gasteiger partial charge in [0.05, 0.1) is 10.6 Å². The van der Waals surface area contributed by atoms with Gasteiger partial charge in [-0.15, -0.1) is 22.7 Å². The molecule has 2 N–H and O–H groups in total. The van der Waals surface area contributed by atoms with Crippen molar-refractivity contribution >= 4 is 48.6 Å². The molecule has 9 heteroatoms. The normalized spacial score (nSPS) is 11.3. The molecular weight excluding hydrogens is 340 g/mol. The molecule has 22 heavy (non-hydrogen) atoms. The molecule has 114 valence electrons. The lowest BCUT2D eigenvalue weighted by atomic mass is 10.3. The van der Waals surface area contributed by atoms with Gasteiger partial charge in [0.2, 0.25) is 0 Å².